The van der Waals surface area contributed by atoms with Gasteiger partial charge in [-0.25, -0.2) is 0 Å². The molecule has 0 amide bonds. The average molecular weight is 318 g/mol. The number of ether oxygens (including phenoxy) is 2. The molecule has 3 rings (SSSR count). The highest BCUT2D eigenvalue weighted by Crippen LogP contribution is 2.34. The smallest absolute Gasteiger partial charge is 0.231 e. The molecule has 0 aliphatic carbocycles. The summed E-state index contributed by atoms with van der Waals surface area (Å²) in [6, 6.07) is 5.64. The van der Waals surface area contributed by atoms with E-state index in [1.807, 2.05) is 36.0 Å². The van der Waals surface area contributed by atoms with Crippen LogP contribution < -0.4 is 20.1 Å². The van der Waals surface area contributed by atoms with E-state index in [9.17, 15) is 0 Å². The maximum Gasteiger partial charge on any atom is 0.231 e. The number of hydrogen-bond acceptors (Lipinski definition) is 4. The Morgan fingerprint density at radius 1 is 1.36 bits per heavy atom. The third kappa shape index (κ3) is 3.14. The van der Waals surface area contributed by atoms with Crippen LogP contribution in [-0.2, 0) is 13.1 Å². The molecule has 0 saturated heterocycles. The molecule has 0 radical (unpaired) electrons. The fraction of sp³-hybridized carbons (Fsp3) is 0.333. The number of nitrogens with one attached hydrogen (secondary N) is 2. The Labute approximate surface area is 134 Å². The third-order valence-electron chi connectivity index (χ3n) is 3.44. The molecule has 0 unspecified atom stereocenters. The van der Waals surface area contributed by atoms with Crippen molar-refractivity contribution in [3.63, 3.8) is 0 Å². The quantitative estimate of drug-likeness (QED) is 0.844. The molecule has 0 bridgehead atoms. The molecule has 1 aliphatic rings. The van der Waals surface area contributed by atoms with Crippen molar-refractivity contribution in [3.8, 4) is 11.5 Å². The van der Waals surface area contributed by atoms with E-state index >= 15 is 0 Å². The molecule has 0 spiro atoms. The summed E-state index contributed by atoms with van der Waals surface area (Å²) in [5.74, 6) is 1.49. The largest absolute Gasteiger partial charge is 0.454 e. The summed E-state index contributed by atoms with van der Waals surface area (Å²) >= 11 is 5.32. The second-order valence-electron chi connectivity index (χ2n) is 4.97. The minimum Gasteiger partial charge on any atom is -0.454 e. The summed E-state index contributed by atoms with van der Waals surface area (Å²) in [5.41, 5.74) is 3.01. The fourth-order valence-electron chi connectivity index (χ4n) is 2.22. The van der Waals surface area contributed by atoms with Gasteiger partial charge in [0.15, 0.2) is 16.6 Å². The van der Waals surface area contributed by atoms with Crippen molar-refractivity contribution >= 4 is 23.0 Å². The van der Waals surface area contributed by atoms with Gasteiger partial charge < -0.3 is 20.1 Å². The molecule has 116 valence electrons. The zero-order chi connectivity index (χ0) is 15.5. The van der Waals surface area contributed by atoms with Gasteiger partial charge in [-0.05, 0) is 38.2 Å². The van der Waals surface area contributed by atoms with Gasteiger partial charge in [-0.2, -0.15) is 5.10 Å². The van der Waals surface area contributed by atoms with Crippen LogP contribution in [0.5, 0.6) is 11.5 Å². The highest BCUT2D eigenvalue weighted by molar-refractivity contribution is 7.80. The van der Waals surface area contributed by atoms with Gasteiger partial charge in [0.2, 0.25) is 6.79 Å². The first kappa shape index (κ1) is 14.6. The normalized spacial score (nSPS) is 12.3. The van der Waals surface area contributed by atoms with E-state index in [-0.39, 0.29) is 6.79 Å². The van der Waals surface area contributed by atoms with E-state index in [0.29, 0.717) is 11.7 Å². The predicted octanol–water partition coefficient (Wildman–Crippen LogP) is 2.43. The Morgan fingerprint density at radius 3 is 2.95 bits per heavy atom. The van der Waals surface area contributed by atoms with Gasteiger partial charge in [0.05, 0.1) is 5.69 Å². The summed E-state index contributed by atoms with van der Waals surface area (Å²) in [7, 11) is 0. The lowest BCUT2D eigenvalue weighted by Gasteiger charge is -2.10. The number of rotatable bonds is 4. The monoisotopic (exact) mass is 318 g/mol. The maximum atomic E-state index is 5.34. The van der Waals surface area contributed by atoms with Crippen LogP contribution in [0.3, 0.4) is 0 Å². The Kier molecular flexibility index (Phi) is 4.15. The van der Waals surface area contributed by atoms with Gasteiger partial charge in [0, 0.05) is 36.6 Å². The molecule has 2 aromatic rings. The molecule has 0 atom stereocenters. The van der Waals surface area contributed by atoms with Gasteiger partial charge in [-0.3, -0.25) is 4.68 Å². The lowest BCUT2D eigenvalue weighted by atomic mass is 10.2. The predicted molar refractivity (Wildman–Crippen MR) is 88.3 cm³/mol. The Morgan fingerprint density at radius 2 is 2.18 bits per heavy atom. The van der Waals surface area contributed by atoms with E-state index in [1.165, 1.54) is 0 Å². The summed E-state index contributed by atoms with van der Waals surface area (Å²) in [4.78, 5) is 0. The van der Waals surface area contributed by atoms with Crippen molar-refractivity contribution in [2.75, 3.05) is 12.1 Å². The number of fused-ring (bicyclic) bond motifs is 1. The number of nitrogens with zero attached hydrogens (tertiary/aromatic N) is 2. The highest BCUT2D eigenvalue weighted by Gasteiger charge is 2.13. The zero-order valence-electron chi connectivity index (χ0n) is 12.5. The number of aryl methyl sites for hydroxylation is 2. The summed E-state index contributed by atoms with van der Waals surface area (Å²) < 4.78 is 12.5. The molecule has 22 heavy (non-hydrogen) atoms. The van der Waals surface area contributed by atoms with Crippen LogP contribution in [0.2, 0.25) is 0 Å². The molecule has 1 aromatic heterocycles. The first-order valence-corrected chi connectivity index (χ1v) is 7.54. The van der Waals surface area contributed by atoms with E-state index in [4.69, 9.17) is 21.7 Å². The third-order valence-corrected chi connectivity index (χ3v) is 3.69. The minimum atomic E-state index is 0.266. The van der Waals surface area contributed by atoms with E-state index in [2.05, 4.69) is 22.7 Å². The molecule has 0 fully saturated rings. The molecular formula is C15H18N4O2S. The van der Waals surface area contributed by atoms with Gasteiger partial charge in [-0.1, -0.05) is 0 Å². The second kappa shape index (κ2) is 6.23. The van der Waals surface area contributed by atoms with Crippen molar-refractivity contribution in [1.29, 1.82) is 0 Å². The molecule has 0 saturated carbocycles. The number of anilines is 1. The Hall–Kier alpha value is -2.28. The van der Waals surface area contributed by atoms with Crippen LogP contribution in [-0.4, -0.2) is 21.7 Å². The Balaban J connectivity index is 1.57. The lowest BCUT2D eigenvalue weighted by Crippen LogP contribution is -2.27. The zero-order valence-corrected chi connectivity index (χ0v) is 13.4. The minimum absolute atomic E-state index is 0.266. The number of thiocarbonyl (C=S) groups is 1. The molecule has 2 N–H and O–H groups in total. The summed E-state index contributed by atoms with van der Waals surface area (Å²) in [6.07, 6.45) is 2.03. The van der Waals surface area contributed by atoms with E-state index < -0.39 is 0 Å². The van der Waals surface area contributed by atoms with Crippen molar-refractivity contribution < 1.29 is 9.47 Å². The molecule has 2 heterocycles. The van der Waals surface area contributed by atoms with E-state index in [1.54, 1.807) is 0 Å². The van der Waals surface area contributed by atoms with Gasteiger partial charge >= 0.3 is 0 Å². The molecule has 7 heteroatoms. The van der Waals surface area contributed by atoms with Gasteiger partial charge in [0.1, 0.15) is 0 Å². The number of aromatic nitrogens is 2. The van der Waals surface area contributed by atoms with Crippen LogP contribution in [0.25, 0.3) is 0 Å². The lowest BCUT2D eigenvalue weighted by molar-refractivity contribution is 0.174. The van der Waals surface area contributed by atoms with Crippen LogP contribution in [0.15, 0.2) is 24.4 Å². The van der Waals surface area contributed by atoms with Crippen LogP contribution in [0.1, 0.15) is 18.2 Å². The Bertz CT molecular complexity index is 699. The summed E-state index contributed by atoms with van der Waals surface area (Å²) in [5, 5.41) is 11.3. The standard InChI is InChI=1S/C15H18N4O2S/c1-3-19-8-11(10(2)18-19)7-16-15(22)17-12-4-5-13-14(6-12)21-9-20-13/h4-6,8H,3,7,9H2,1-2H3,(H2,16,17,22). The average Bonchev–Trinajstić information content (AvgIpc) is 3.11. The molecule has 1 aromatic carbocycles. The first-order chi connectivity index (χ1) is 10.7. The van der Waals surface area contributed by atoms with E-state index in [0.717, 1.165) is 35.0 Å². The highest BCUT2D eigenvalue weighted by atomic mass is 32.1. The molecular weight excluding hydrogens is 300 g/mol. The fourth-order valence-corrected chi connectivity index (χ4v) is 2.41. The first-order valence-electron chi connectivity index (χ1n) is 7.13. The topological polar surface area (TPSA) is 60.3 Å². The number of benzene rings is 1. The van der Waals surface area contributed by atoms with Crippen molar-refractivity contribution in [2.24, 2.45) is 0 Å². The summed E-state index contributed by atoms with van der Waals surface area (Å²) in [6.45, 7) is 5.83. The second-order valence-corrected chi connectivity index (χ2v) is 5.38. The van der Waals surface area contributed by atoms with Crippen LogP contribution in [0, 0.1) is 6.92 Å². The van der Waals surface area contributed by atoms with Crippen LogP contribution >= 0.6 is 12.2 Å². The molecule has 1 aliphatic heterocycles. The maximum absolute atomic E-state index is 5.34. The van der Waals surface area contributed by atoms with Crippen molar-refractivity contribution in [2.45, 2.75) is 26.9 Å². The van der Waals surface area contributed by atoms with Crippen molar-refractivity contribution in [1.82, 2.24) is 15.1 Å². The number of hydrogen-bond donors (Lipinski definition) is 2. The SMILES string of the molecule is CCn1cc(CNC(=S)Nc2ccc3c(c2)OCO3)c(C)n1. The van der Waals surface area contributed by atoms with Gasteiger partial charge in [-0.15, -0.1) is 0 Å². The van der Waals surface area contributed by atoms with Crippen molar-refractivity contribution in [3.05, 3.63) is 35.7 Å². The van der Waals surface area contributed by atoms with Crippen LogP contribution in [0.4, 0.5) is 5.69 Å². The van der Waals surface area contributed by atoms with Gasteiger partial charge in [0.25, 0.3) is 0 Å². The molecule has 6 nitrogen and oxygen atoms in total.